The van der Waals surface area contributed by atoms with Crippen molar-refractivity contribution in [3.8, 4) is 11.3 Å². The molecular formula is C29H26IrN2O2. The molecule has 2 aromatic heterocycles. The van der Waals surface area contributed by atoms with Gasteiger partial charge in [-0.3, -0.25) is 4.98 Å². The molecule has 0 saturated carbocycles. The summed E-state index contributed by atoms with van der Waals surface area (Å²) in [5.74, 6) is -0.990. The molecule has 5 heteroatoms. The minimum absolute atomic E-state index is 0. The Morgan fingerprint density at radius 1 is 0.735 bits per heavy atom. The second-order valence-corrected chi connectivity index (χ2v) is 8.92. The number of carbonyl (C=O) groups is 1. The number of fused-ring (bicyclic) bond motifs is 3. The Morgan fingerprint density at radius 3 is 2.06 bits per heavy atom. The molecule has 0 aliphatic carbocycles. The van der Waals surface area contributed by atoms with Crippen LogP contribution in [-0.2, 0) is 25.5 Å². The van der Waals surface area contributed by atoms with Gasteiger partial charge in [-0.15, -0.1) is 0 Å². The summed E-state index contributed by atoms with van der Waals surface area (Å²) in [4.78, 5) is 18.3. The number of rotatable bonds is 2. The molecule has 0 unspecified atom stereocenters. The average molecular weight is 627 g/mol. The van der Waals surface area contributed by atoms with E-state index >= 15 is 0 Å². The number of aromatic carboxylic acids is 1. The standard InChI is InChI=1S/C23H21N.C6H5NO2.Ir/c1-23(2,3)19-12-13-24-22(15-19)18-11-10-17-9-8-16-6-4-5-7-20(16)21(17)14-18;8-6(9)5-3-1-2-4-7-5;/h4-15H,1-3H3;1-4H,(H,8,9);. The van der Waals surface area contributed by atoms with Crippen LogP contribution in [0.4, 0.5) is 0 Å². The molecule has 0 fully saturated rings. The summed E-state index contributed by atoms with van der Waals surface area (Å²) < 4.78 is 0. The van der Waals surface area contributed by atoms with E-state index in [9.17, 15) is 4.79 Å². The van der Waals surface area contributed by atoms with Crippen molar-refractivity contribution in [2.45, 2.75) is 26.2 Å². The third-order valence-electron chi connectivity index (χ3n) is 5.55. The Hall–Kier alpha value is -3.40. The zero-order valence-electron chi connectivity index (χ0n) is 19.3. The Balaban J connectivity index is 0.000000275. The molecule has 2 heterocycles. The van der Waals surface area contributed by atoms with Crippen molar-refractivity contribution in [1.82, 2.24) is 9.97 Å². The number of hydrogen-bond donors (Lipinski definition) is 1. The second-order valence-electron chi connectivity index (χ2n) is 8.92. The topological polar surface area (TPSA) is 63.1 Å². The Morgan fingerprint density at radius 2 is 1.41 bits per heavy atom. The van der Waals surface area contributed by atoms with Gasteiger partial charge in [0.25, 0.3) is 0 Å². The van der Waals surface area contributed by atoms with Crippen LogP contribution in [0.25, 0.3) is 32.8 Å². The van der Waals surface area contributed by atoms with Gasteiger partial charge in [-0.1, -0.05) is 75.4 Å². The molecule has 0 spiro atoms. The molecule has 0 atom stereocenters. The van der Waals surface area contributed by atoms with Crippen molar-refractivity contribution in [3.63, 3.8) is 0 Å². The fourth-order valence-corrected chi connectivity index (χ4v) is 3.71. The molecular weight excluding hydrogens is 601 g/mol. The van der Waals surface area contributed by atoms with E-state index in [2.05, 4.69) is 97.5 Å². The molecule has 0 aliphatic heterocycles. The van der Waals surface area contributed by atoms with Crippen LogP contribution >= 0.6 is 0 Å². The van der Waals surface area contributed by atoms with Crippen LogP contribution < -0.4 is 0 Å². The summed E-state index contributed by atoms with van der Waals surface area (Å²) in [6.45, 7) is 6.71. The Kier molecular flexibility index (Phi) is 7.93. The zero-order chi connectivity index (χ0) is 23.4. The van der Waals surface area contributed by atoms with Crippen molar-refractivity contribution in [2.75, 3.05) is 0 Å². The summed E-state index contributed by atoms with van der Waals surface area (Å²) in [5.41, 5.74) is 3.73. The van der Waals surface area contributed by atoms with E-state index in [1.165, 1.54) is 44.9 Å². The van der Waals surface area contributed by atoms with Crippen molar-refractivity contribution in [1.29, 1.82) is 0 Å². The van der Waals surface area contributed by atoms with Crippen LogP contribution in [0.2, 0.25) is 0 Å². The van der Waals surface area contributed by atoms with Crippen LogP contribution in [0, 0.1) is 0 Å². The van der Waals surface area contributed by atoms with Crippen LogP contribution in [0.1, 0.15) is 36.8 Å². The van der Waals surface area contributed by atoms with E-state index in [1.807, 2.05) is 6.20 Å². The number of aromatic nitrogens is 2. The van der Waals surface area contributed by atoms with Gasteiger partial charge in [-0.2, -0.15) is 0 Å². The van der Waals surface area contributed by atoms with E-state index in [1.54, 1.807) is 12.1 Å². The summed E-state index contributed by atoms with van der Waals surface area (Å²) in [6.07, 6.45) is 3.37. The van der Waals surface area contributed by atoms with Crippen LogP contribution in [0.5, 0.6) is 0 Å². The van der Waals surface area contributed by atoms with E-state index in [0.29, 0.717) is 0 Å². The van der Waals surface area contributed by atoms with E-state index < -0.39 is 5.97 Å². The first kappa shape index (κ1) is 25.2. The molecule has 3 aromatic carbocycles. The maximum atomic E-state index is 10.1. The molecule has 5 rings (SSSR count). The number of carboxylic acids is 1. The molecule has 5 aromatic rings. The minimum Gasteiger partial charge on any atom is -0.477 e. The number of nitrogens with zero attached hydrogens (tertiary/aromatic N) is 2. The first-order chi connectivity index (χ1) is 15.8. The van der Waals surface area contributed by atoms with Crippen molar-refractivity contribution in [3.05, 3.63) is 109 Å². The molecule has 0 aliphatic rings. The van der Waals surface area contributed by atoms with Gasteiger partial charge in [0.05, 0.1) is 5.69 Å². The number of benzene rings is 3. The third-order valence-corrected chi connectivity index (χ3v) is 5.55. The Bertz CT molecular complexity index is 1430. The monoisotopic (exact) mass is 627 g/mol. The average Bonchev–Trinajstić information content (AvgIpc) is 2.84. The summed E-state index contributed by atoms with van der Waals surface area (Å²) >= 11 is 0. The third kappa shape index (κ3) is 5.74. The Labute approximate surface area is 213 Å². The maximum Gasteiger partial charge on any atom is 0.354 e. The van der Waals surface area contributed by atoms with Gasteiger partial charge in [0, 0.05) is 38.1 Å². The molecule has 1 N–H and O–H groups in total. The largest absolute Gasteiger partial charge is 0.477 e. The first-order valence-electron chi connectivity index (χ1n) is 10.9. The molecule has 0 bridgehead atoms. The molecule has 173 valence electrons. The minimum atomic E-state index is -0.990. The van der Waals surface area contributed by atoms with Gasteiger partial charge in [0.15, 0.2) is 0 Å². The van der Waals surface area contributed by atoms with Gasteiger partial charge in [-0.25, -0.2) is 9.78 Å². The van der Waals surface area contributed by atoms with Gasteiger partial charge in [0.2, 0.25) is 0 Å². The van der Waals surface area contributed by atoms with Gasteiger partial charge in [0.1, 0.15) is 5.69 Å². The smallest absolute Gasteiger partial charge is 0.354 e. The fourth-order valence-electron chi connectivity index (χ4n) is 3.71. The van der Waals surface area contributed by atoms with E-state index in [4.69, 9.17) is 5.11 Å². The SMILES string of the molecule is CC(C)(C)c1ccnc(-c2ccc3ccc4ccccc4c3c2)c1.O=C(O)c1ccccn1.[Ir]. The number of hydrogen-bond acceptors (Lipinski definition) is 3. The van der Waals surface area contributed by atoms with Crippen molar-refractivity contribution in [2.24, 2.45) is 0 Å². The molecule has 1 radical (unpaired) electrons. The maximum absolute atomic E-state index is 10.1. The molecule has 0 saturated heterocycles. The first-order valence-corrected chi connectivity index (χ1v) is 10.9. The number of carboxylic acid groups (broad SMARTS) is 1. The van der Waals surface area contributed by atoms with Crippen LogP contribution in [0.3, 0.4) is 0 Å². The summed E-state index contributed by atoms with van der Waals surface area (Å²) in [5, 5.41) is 13.4. The van der Waals surface area contributed by atoms with E-state index in [-0.39, 0.29) is 31.2 Å². The second kappa shape index (κ2) is 10.7. The summed E-state index contributed by atoms with van der Waals surface area (Å²) in [7, 11) is 0. The predicted octanol–water partition coefficient (Wildman–Crippen LogP) is 7.13. The van der Waals surface area contributed by atoms with Crippen molar-refractivity contribution < 1.29 is 30.0 Å². The predicted molar refractivity (Wildman–Crippen MR) is 135 cm³/mol. The normalized spacial score (nSPS) is 10.8. The van der Waals surface area contributed by atoms with Crippen molar-refractivity contribution >= 4 is 27.5 Å². The molecule has 0 amide bonds. The van der Waals surface area contributed by atoms with E-state index in [0.717, 1.165) is 5.69 Å². The van der Waals surface area contributed by atoms with Gasteiger partial charge in [-0.05, 0) is 62.9 Å². The molecule has 4 nitrogen and oxygen atoms in total. The zero-order valence-corrected chi connectivity index (χ0v) is 21.7. The van der Waals surface area contributed by atoms with Gasteiger partial charge < -0.3 is 5.11 Å². The van der Waals surface area contributed by atoms with Crippen LogP contribution in [0.15, 0.2) is 97.3 Å². The quantitative estimate of drug-likeness (QED) is 0.212. The molecule has 34 heavy (non-hydrogen) atoms. The van der Waals surface area contributed by atoms with Gasteiger partial charge >= 0.3 is 5.97 Å². The summed E-state index contributed by atoms with van der Waals surface area (Å²) in [6, 6.07) is 28.7. The fraction of sp³-hybridized carbons (Fsp3) is 0.138. The number of pyridine rings is 2. The van der Waals surface area contributed by atoms with Crippen LogP contribution in [-0.4, -0.2) is 21.0 Å².